The van der Waals surface area contributed by atoms with Crippen molar-refractivity contribution in [3.63, 3.8) is 0 Å². The second kappa shape index (κ2) is 12.0. The van der Waals surface area contributed by atoms with E-state index in [2.05, 4.69) is 39.9 Å². The summed E-state index contributed by atoms with van der Waals surface area (Å²) in [6, 6.07) is 16.9. The molecule has 1 aliphatic carbocycles. The highest BCUT2D eigenvalue weighted by Gasteiger charge is 2.35. The third kappa shape index (κ3) is 5.35. The topological polar surface area (TPSA) is 71.0 Å². The van der Waals surface area contributed by atoms with Crippen LogP contribution in [0, 0.1) is 5.92 Å². The lowest BCUT2D eigenvalue weighted by atomic mass is 9.95. The summed E-state index contributed by atoms with van der Waals surface area (Å²) >= 11 is 14.3. The molecule has 4 aromatic rings. The van der Waals surface area contributed by atoms with E-state index in [0.717, 1.165) is 58.0 Å². The van der Waals surface area contributed by atoms with E-state index < -0.39 is 0 Å². The van der Waals surface area contributed by atoms with Crippen LogP contribution in [0.15, 0.2) is 54.7 Å². The van der Waals surface area contributed by atoms with Gasteiger partial charge in [0.2, 0.25) is 5.88 Å². The summed E-state index contributed by atoms with van der Waals surface area (Å²) in [5.74, 6) is 2.15. The van der Waals surface area contributed by atoms with Crippen LogP contribution in [0.3, 0.4) is 0 Å². The number of hydrogen-bond acceptors (Lipinski definition) is 7. The van der Waals surface area contributed by atoms with Crippen molar-refractivity contribution in [2.75, 3.05) is 40.4 Å². The van der Waals surface area contributed by atoms with Gasteiger partial charge < -0.3 is 14.6 Å². The number of likely N-dealkylation sites (tertiary alicyclic amines) is 2. The normalized spacial score (nSPS) is 19.0. The molecule has 0 bridgehead atoms. The molecule has 0 amide bonds. The van der Waals surface area contributed by atoms with Gasteiger partial charge >= 0.3 is 0 Å². The van der Waals surface area contributed by atoms with Crippen molar-refractivity contribution in [2.24, 2.45) is 5.92 Å². The molecule has 2 saturated heterocycles. The van der Waals surface area contributed by atoms with Gasteiger partial charge in [-0.2, -0.15) is 0 Å². The molecule has 1 atom stereocenters. The summed E-state index contributed by atoms with van der Waals surface area (Å²) in [5, 5.41) is 10.8. The average molecular weight is 632 g/mol. The third-order valence-electron chi connectivity index (χ3n) is 9.22. The number of halogens is 2. The molecule has 228 valence electrons. The molecule has 9 heteroatoms. The second-order valence-corrected chi connectivity index (χ2v) is 13.1. The van der Waals surface area contributed by atoms with E-state index in [4.69, 9.17) is 37.7 Å². The molecule has 1 unspecified atom stereocenters. The summed E-state index contributed by atoms with van der Waals surface area (Å²) < 4.78 is 11.5. The number of aliphatic hydroxyl groups is 1. The van der Waals surface area contributed by atoms with Gasteiger partial charge in [-0.1, -0.05) is 72.6 Å². The number of β-amino-alcohol motifs (C(OH)–C–C–N with tert-alkyl or cyclic N) is 1. The highest BCUT2D eigenvalue weighted by atomic mass is 35.5. The Hall–Kier alpha value is -3.20. The van der Waals surface area contributed by atoms with E-state index in [0.29, 0.717) is 47.3 Å². The average Bonchev–Trinajstić information content (AvgIpc) is 3.42. The van der Waals surface area contributed by atoms with Crippen LogP contribution in [0.2, 0.25) is 10.0 Å². The highest BCUT2D eigenvalue weighted by Crippen LogP contribution is 2.45. The number of rotatable bonds is 8. The van der Waals surface area contributed by atoms with E-state index in [1.54, 1.807) is 20.4 Å². The third-order valence-corrected chi connectivity index (χ3v) is 10.0. The number of methoxy groups -OCH3 is 2. The van der Waals surface area contributed by atoms with Crippen molar-refractivity contribution in [1.29, 1.82) is 0 Å². The lowest BCUT2D eigenvalue weighted by Gasteiger charge is -2.41. The van der Waals surface area contributed by atoms with Gasteiger partial charge in [0.15, 0.2) is 0 Å². The lowest BCUT2D eigenvalue weighted by Crippen LogP contribution is -2.51. The molecule has 3 aliphatic rings. The SMILES string of the molecule is COc1cc(-c2cccc(-c3cccc(-c4cnc(CN5CC(O)C5)c(OC)n4)c3Cl)c2Cl)cc2c1CC(N1CC(C)C1)C2. The van der Waals surface area contributed by atoms with Gasteiger partial charge in [-0.25, -0.2) is 4.98 Å². The molecule has 7 rings (SSSR count). The van der Waals surface area contributed by atoms with Crippen molar-refractivity contribution in [3.8, 4) is 45.1 Å². The van der Waals surface area contributed by atoms with Gasteiger partial charge in [-0.3, -0.25) is 14.8 Å². The molecule has 2 fully saturated rings. The number of fused-ring (bicyclic) bond motifs is 1. The summed E-state index contributed by atoms with van der Waals surface area (Å²) in [4.78, 5) is 14.1. The zero-order valence-electron chi connectivity index (χ0n) is 25.2. The minimum atomic E-state index is -0.281. The molecule has 0 radical (unpaired) electrons. The Balaban J connectivity index is 1.21. The van der Waals surface area contributed by atoms with E-state index in [9.17, 15) is 5.11 Å². The molecular weight excluding hydrogens is 595 g/mol. The summed E-state index contributed by atoms with van der Waals surface area (Å²) in [6.45, 7) is 6.47. The summed E-state index contributed by atoms with van der Waals surface area (Å²) in [6.07, 6.45) is 3.50. The zero-order chi connectivity index (χ0) is 30.5. The molecule has 3 heterocycles. The molecule has 0 spiro atoms. The van der Waals surface area contributed by atoms with Crippen molar-refractivity contribution in [1.82, 2.24) is 19.8 Å². The maximum absolute atomic E-state index is 9.63. The van der Waals surface area contributed by atoms with Gasteiger partial charge in [0.1, 0.15) is 11.4 Å². The Morgan fingerprint density at radius 3 is 2.23 bits per heavy atom. The van der Waals surface area contributed by atoms with Crippen LogP contribution >= 0.6 is 23.2 Å². The van der Waals surface area contributed by atoms with Crippen LogP contribution in [0.4, 0.5) is 0 Å². The Morgan fingerprint density at radius 2 is 1.57 bits per heavy atom. The monoisotopic (exact) mass is 630 g/mol. The Bertz CT molecular complexity index is 1720. The fourth-order valence-corrected chi connectivity index (χ4v) is 7.56. The minimum Gasteiger partial charge on any atom is -0.496 e. The zero-order valence-corrected chi connectivity index (χ0v) is 26.7. The van der Waals surface area contributed by atoms with Crippen molar-refractivity contribution >= 4 is 23.2 Å². The Morgan fingerprint density at radius 1 is 0.886 bits per heavy atom. The van der Waals surface area contributed by atoms with Gasteiger partial charge in [0.25, 0.3) is 0 Å². The van der Waals surface area contributed by atoms with Gasteiger partial charge in [-0.15, -0.1) is 0 Å². The first-order chi connectivity index (χ1) is 21.3. The van der Waals surface area contributed by atoms with Crippen LogP contribution < -0.4 is 9.47 Å². The largest absolute Gasteiger partial charge is 0.496 e. The van der Waals surface area contributed by atoms with Crippen LogP contribution in [0.25, 0.3) is 33.5 Å². The Kier molecular flexibility index (Phi) is 8.02. The smallest absolute Gasteiger partial charge is 0.237 e. The lowest BCUT2D eigenvalue weighted by molar-refractivity contribution is -0.00402. The van der Waals surface area contributed by atoms with Gasteiger partial charge in [0, 0.05) is 61.0 Å². The van der Waals surface area contributed by atoms with Crippen molar-refractivity contribution in [3.05, 3.63) is 81.6 Å². The highest BCUT2D eigenvalue weighted by molar-refractivity contribution is 6.39. The van der Waals surface area contributed by atoms with Crippen LogP contribution in [0.1, 0.15) is 23.7 Å². The number of aromatic nitrogens is 2. The maximum atomic E-state index is 9.63. The number of hydrogen-bond donors (Lipinski definition) is 1. The maximum Gasteiger partial charge on any atom is 0.237 e. The Labute approximate surface area is 268 Å². The molecule has 1 N–H and O–H groups in total. The van der Waals surface area contributed by atoms with Gasteiger partial charge in [0.05, 0.1) is 42.3 Å². The number of ether oxygens (including phenoxy) is 2. The first kappa shape index (κ1) is 29.5. The molecule has 3 aromatic carbocycles. The van der Waals surface area contributed by atoms with E-state index in [-0.39, 0.29) is 6.10 Å². The fourth-order valence-electron chi connectivity index (χ4n) is 6.90. The summed E-state index contributed by atoms with van der Waals surface area (Å²) in [7, 11) is 3.34. The number of nitrogens with zero attached hydrogens (tertiary/aromatic N) is 4. The van der Waals surface area contributed by atoms with Crippen LogP contribution in [0.5, 0.6) is 11.6 Å². The molecule has 7 nitrogen and oxygen atoms in total. The molecular formula is C35H36Cl2N4O3. The van der Waals surface area contributed by atoms with Crippen molar-refractivity contribution < 1.29 is 14.6 Å². The standard InChI is InChI=1S/C35H36Cl2N4O3/c1-20-15-41(16-20)23-11-21-10-22(12-32(43-2)29(21)13-23)25-6-4-7-26(33(25)36)27-8-5-9-28(34(27)37)30-14-38-31(35(39-30)44-3)19-40-17-24(42)18-40/h4-10,12,14,20,23-24,42H,11,13,15-19H2,1-3H3. The van der Waals surface area contributed by atoms with E-state index >= 15 is 0 Å². The first-order valence-electron chi connectivity index (χ1n) is 15.1. The van der Waals surface area contributed by atoms with E-state index in [1.807, 2.05) is 30.3 Å². The molecule has 0 saturated carbocycles. The first-order valence-corrected chi connectivity index (χ1v) is 15.9. The minimum absolute atomic E-state index is 0.281. The predicted octanol–water partition coefficient (Wildman–Crippen LogP) is 6.40. The quantitative estimate of drug-likeness (QED) is 0.242. The van der Waals surface area contributed by atoms with Crippen LogP contribution in [-0.2, 0) is 19.4 Å². The second-order valence-electron chi connectivity index (χ2n) is 12.3. The predicted molar refractivity (Wildman–Crippen MR) is 175 cm³/mol. The number of benzene rings is 3. The molecule has 1 aromatic heterocycles. The fraction of sp³-hybridized carbons (Fsp3) is 0.371. The molecule has 44 heavy (non-hydrogen) atoms. The van der Waals surface area contributed by atoms with Crippen molar-refractivity contribution in [2.45, 2.75) is 38.5 Å². The number of aliphatic hydroxyl groups excluding tert-OH is 1. The van der Waals surface area contributed by atoms with E-state index in [1.165, 1.54) is 24.2 Å². The van der Waals surface area contributed by atoms with Gasteiger partial charge in [-0.05, 0) is 41.5 Å². The van der Waals surface area contributed by atoms with Crippen LogP contribution in [-0.4, -0.2) is 77.4 Å². The summed E-state index contributed by atoms with van der Waals surface area (Å²) in [5.41, 5.74) is 8.37. The molecule has 2 aliphatic heterocycles.